The van der Waals surface area contributed by atoms with Gasteiger partial charge in [0, 0.05) is 5.39 Å². The number of benzene rings is 2. The number of rotatable bonds is 4. The summed E-state index contributed by atoms with van der Waals surface area (Å²) in [6.45, 7) is 2.10. The minimum absolute atomic E-state index is 0.0108. The van der Waals surface area contributed by atoms with Crippen LogP contribution in [0.5, 0.6) is 0 Å². The molecule has 0 aliphatic heterocycles. The zero-order valence-electron chi connectivity index (χ0n) is 14.9. The van der Waals surface area contributed by atoms with Crippen molar-refractivity contribution in [2.24, 2.45) is 0 Å². The van der Waals surface area contributed by atoms with Crippen LogP contribution in [0.1, 0.15) is 59.4 Å². The van der Waals surface area contributed by atoms with Crippen molar-refractivity contribution in [3.63, 3.8) is 0 Å². The van der Waals surface area contributed by atoms with E-state index in [9.17, 15) is 4.79 Å². The fourth-order valence-electron chi connectivity index (χ4n) is 3.87. The molecule has 1 atom stereocenters. The summed E-state index contributed by atoms with van der Waals surface area (Å²) in [7, 11) is 0. The molecule has 0 saturated carbocycles. The number of hydrogen-bond acceptors (Lipinski definition) is 1. The Morgan fingerprint density at radius 2 is 1.96 bits per heavy atom. The number of para-hydroxylation sites is 1. The molecule has 0 radical (unpaired) electrons. The third-order valence-electron chi connectivity index (χ3n) is 5.34. The second-order valence-corrected chi connectivity index (χ2v) is 7.46. The molecule has 26 heavy (non-hydrogen) atoms. The fourth-order valence-corrected chi connectivity index (χ4v) is 4.10. The van der Waals surface area contributed by atoms with Crippen molar-refractivity contribution < 1.29 is 4.79 Å². The number of carbonyl (C=O) groups is 1. The van der Waals surface area contributed by atoms with Gasteiger partial charge in [-0.15, -0.1) is 0 Å². The Hall–Kier alpha value is -2.26. The molecule has 0 bridgehead atoms. The molecule has 0 spiro atoms. The van der Waals surface area contributed by atoms with Crippen molar-refractivity contribution in [3.05, 3.63) is 69.9 Å². The second-order valence-electron chi connectivity index (χ2n) is 7.06. The van der Waals surface area contributed by atoms with Gasteiger partial charge in [0.1, 0.15) is 5.69 Å². The van der Waals surface area contributed by atoms with Crippen molar-refractivity contribution in [1.82, 2.24) is 10.3 Å². The Morgan fingerprint density at radius 1 is 1.15 bits per heavy atom. The van der Waals surface area contributed by atoms with Gasteiger partial charge in [0.25, 0.3) is 5.91 Å². The lowest BCUT2D eigenvalue weighted by atomic mass is 9.89. The van der Waals surface area contributed by atoms with Gasteiger partial charge in [0.15, 0.2) is 0 Å². The number of hydrogen-bond donors (Lipinski definition) is 2. The van der Waals surface area contributed by atoms with E-state index in [1.807, 2.05) is 24.3 Å². The number of nitrogens with one attached hydrogen (secondary N) is 2. The first-order chi connectivity index (χ1) is 12.7. The first-order valence-corrected chi connectivity index (χ1v) is 9.73. The number of aromatic nitrogens is 1. The molecule has 1 heterocycles. The lowest BCUT2D eigenvalue weighted by molar-refractivity contribution is 0.0931. The first-order valence-electron chi connectivity index (χ1n) is 9.35. The summed E-state index contributed by atoms with van der Waals surface area (Å²) in [6.07, 6.45) is 5.72. The average molecular weight is 367 g/mol. The third kappa shape index (κ3) is 3.24. The van der Waals surface area contributed by atoms with Crippen LogP contribution in [0.2, 0.25) is 5.02 Å². The minimum atomic E-state index is -0.0955. The van der Waals surface area contributed by atoms with Crippen LogP contribution in [-0.2, 0) is 12.8 Å². The molecular formula is C22H23ClN2O. The molecule has 134 valence electrons. The summed E-state index contributed by atoms with van der Waals surface area (Å²) in [6, 6.07) is 14.2. The number of H-pyrrole nitrogens is 1. The summed E-state index contributed by atoms with van der Waals surface area (Å²) in [5.41, 5.74) is 5.45. The molecule has 3 aromatic rings. The maximum absolute atomic E-state index is 12.8. The Labute approximate surface area is 158 Å². The number of aryl methyl sites for hydroxylation is 2. The first kappa shape index (κ1) is 17.2. The lowest BCUT2D eigenvalue weighted by Crippen LogP contribution is -2.28. The fraction of sp³-hybridized carbons (Fsp3) is 0.318. The predicted octanol–water partition coefficient (Wildman–Crippen LogP) is 5.58. The summed E-state index contributed by atoms with van der Waals surface area (Å²) in [5.74, 6) is -0.0955. The van der Waals surface area contributed by atoms with Crippen molar-refractivity contribution in [1.29, 1.82) is 0 Å². The zero-order chi connectivity index (χ0) is 18.1. The molecule has 4 rings (SSSR count). The highest BCUT2D eigenvalue weighted by Crippen LogP contribution is 2.27. The van der Waals surface area contributed by atoms with Crippen LogP contribution in [-0.4, -0.2) is 10.9 Å². The Kier molecular flexibility index (Phi) is 4.73. The van der Waals surface area contributed by atoms with E-state index in [0.29, 0.717) is 10.7 Å². The van der Waals surface area contributed by atoms with Crippen LogP contribution in [0, 0.1) is 0 Å². The van der Waals surface area contributed by atoms with E-state index in [1.54, 1.807) is 0 Å². The molecular weight excluding hydrogens is 344 g/mol. The summed E-state index contributed by atoms with van der Waals surface area (Å²) >= 11 is 6.21. The van der Waals surface area contributed by atoms with Gasteiger partial charge in [-0.25, -0.2) is 0 Å². The minimum Gasteiger partial charge on any atom is -0.349 e. The molecule has 4 heteroatoms. The number of fused-ring (bicyclic) bond motifs is 2. The van der Waals surface area contributed by atoms with Crippen LogP contribution >= 0.6 is 11.6 Å². The largest absolute Gasteiger partial charge is 0.349 e. The smallest absolute Gasteiger partial charge is 0.268 e. The Morgan fingerprint density at radius 3 is 2.73 bits per heavy atom. The van der Waals surface area contributed by atoms with Gasteiger partial charge in [0.05, 0.1) is 16.6 Å². The molecule has 3 nitrogen and oxygen atoms in total. The number of amides is 1. The highest BCUT2D eigenvalue weighted by atomic mass is 35.5. The van der Waals surface area contributed by atoms with E-state index in [2.05, 4.69) is 35.4 Å². The average Bonchev–Trinajstić information content (AvgIpc) is 3.11. The normalized spacial score (nSPS) is 14.8. The predicted molar refractivity (Wildman–Crippen MR) is 107 cm³/mol. The van der Waals surface area contributed by atoms with E-state index in [4.69, 9.17) is 11.6 Å². The van der Waals surface area contributed by atoms with Crippen LogP contribution in [0.15, 0.2) is 42.5 Å². The van der Waals surface area contributed by atoms with Gasteiger partial charge >= 0.3 is 0 Å². The molecule has 1 aliphatic carbocycles. The van der Waals surface area contributed by atoms with Gasteiger partial charge in [-0.3, -0.25) is 4.79 Å². The maximum Gasteiger partial charge on any atom is 0.268 e. The zero-order valence-corrected chi connectivity index (χ0v) is 15.7. The molecule has 0 fully saturated rings. The highest BCUT2D eigenvalue weighted by Gasteiger charge is 2.18. The molecule has 1 aliphatic rings. The molecule has 1 unspecified atom stereocenters. The van der Waals surface area contributed by atoms with E-state index in [-0.39, 0.29) is 11.9 Å². The van der Waals surface area contributed by atoms with Crippen molar-refractivity contribution in [3.8, 4) is 0 Å². The molecule has 2 aromatic carbocycles. The number of halogens is 1. The van der Waals surface area contributed by atoms with Crippen LogP contribution in [0.4, 0.5) is 0 Å². The van der Waals surface area contributed by atoms with E-state index >= 15 is 0 Å². The Bertz CT molecular complexity index is 960. The standard InChI is InChI=1S/C22H23ClN2O/c1-2-19(16-11-10-14-6-3-4-7-15(14)12-16)25-22(26)20-13-17-8-5-9-18(23)21(17)24-20/h5,8-13,19,24H,2-4,6-7H2,1H3,(H,25,26). The summed E-state index contributed by atoms with van der Waals surface area (Å²) in [5, 5.41) is 4.75. The maximum atomic E-state index is 12.8. The number of aromatic amines is 1. The molecule has 0 saturated heterocycles. The number of carbonyl (C=O) groups excluding carboxylic acids is 1. The van der Waals surface area contributed by atoms with Crippen LogP contribution in [0.3, 0.4) is 0 Å². The Balaban J connectivity index is 1.57. The molecule has 2 N–H and O–H groups in total. The van der Waals surface area contributed by atoms with Crippen LogP contribution in [0.25, 0.3) is 10.9 Å². The molecule has 1 amide bonds. The van der Waals surface area contributed by atoms with Gasteiger partial charge in [-0.05, 0) is 60.9 Å². The van der Waals surface area contributed by atoms with Crippen molar-refractivity contribution in [2.75, 3.05) is 0 Å². The van der Waals surface area contributed by atoms with Gasteiger partial charge < -0.3 is 10.3 Å². The highest BCUT2D eigenvalue weighted by molar-refractivity contribution is 6.35. The van der Waals surface area contributed by atoms with E-state index in [0.717, 1.165) is 23.7 Å². The lowest BCUT2D eigenvalue weighted by Gasteiger charge is -2.21. The third-order valence-corrected chi connectivity index (χ3v) is 5.65. The second kappa shape index (κ2) is 7.16. The van der Waals surface area contributed by atoms with Crippen molar-refractivity contribution in [2.45, 2.75) is 45.1 Å². The van der Waals surface area contributed by atoms with Gasteiger partial charge in [-0.1, -0.05) is 48.9 Å². The monoisotopic (exact) mass is 366 g/mol. The van der Waals surface area contributed by atoms with E-state index < -0.39 is 0 Å². The quantitative estimate of drug-likeness (QED) is 0.621. The topological polar surface area (TPSA) is 44.9 Å². The van der Waals surface area contributed by atoms with E-state index in [1.165, 1.54) is 36.0 Å². The van der Waals surface area contributed by atoms with Crippen molar-refractivity contribution >= 4 is 28.4 Å². The summed E-state index contributed by atoms with van der Waals surface area (Å²) < 4.78 is 0. The molecule has 1 aromatic heterocycles. The van der Waals surface area contributed by atoms with Gasteiger partial charge in [-0.2, -0.15) is 0 Å². The SMILES string of the molecule is CCC(NC(=O)c1cc2cccc(Cl)c2[nH]1)c1ccc2c(c1)CCCC2. The van der Waals surface area contributed by atoms with Gasteiger partial charge in [0.2, 0.25) is 0 Å². The van der Waals surface area contributed by atoms with Crippen LogP contribution < -0.4 is 5.32 Å². The summed E-state index contributed by atoms with van der Waals surface area (Å²) in [4.78, 5) is 15.9.